The van der Waals surface area contributed by atoms with E-state index in [1.165, 1.54) is 22.4 Å². The Hall–Kier alpha value is -2.04. The average molecular weight is 262 g/mol. The predicted octanol–water partition coefficient (Wildman–Crippen LogP) is 2.14. The lowest BCUT2D eigenvalue weighted by atomic mass is 10.0. The third-order valence-electron chi connectivity index (χ3n) is 3.51. The zero-order valence-electron chi connectivity index (χ0n) is 11.3. The van der Waals surface area contributed by atoms with E-state index in [-0.39, 0.29) is 12.6 Å². The molecule has 5 nitrogen and oxygen atoms in total. The maximum absolute atomic E-state index is 12.0. The molecular weight excluding hydrogens is 244 g/mol. The molecule has 0 spiro atoms. The van der Waals surface area contributed by atoms with Gasteiger partial charge in [0.2, 0.25) is 0 Å². The zero-order valence-corrected chi connectivity index (χ0v) is 11.3. The van der Waals surface area contributed by atoms with E-state index in [4.69, 9.17) is 5.11 Å². The maximum atomic E-state index is 12.0. The van der Waals surface area contributed by atoms with Crippen LogP contribution < -0.4 is 4.90 Å². The van der Waals surface area contributed by atoms with Gasteiger partial charge in [-0.3, -0.25) is 4.90 Å². The Balaban J connectivity index is 2.23. The highest BCUT2D eigenvalue weighted by molar-refractivity contribution is 5.98. The summed E-state index contributed by atoms with van der Waals surface area (Å²) in [6, 6.07) is 6.63. The fourth-order valence-electron chi connectivity index (χ4n) is 2.20. The van der Waals surface area contributed by atoms with Gasteiger partial charge in [0.15, 0.2) is 0 Å². The monoisotopic (exact) mass is 262 g/mol. The first kappa shape index (κ1) is 13.4. The van der Waals surface area contributed by atoms with E-state index in [1.54, 1.807) is 0 Å². The summed E-state index contributed by atoms with van der Waals surface area (Å²) < 4.78 is 0. The van der Waals surface area contributed by atoms with Crippen molar-refractivity contribution in [2.45, 2.75) is 25.8 Å². The first-order valence-corrected chi connectivity index (χ1v) is 6.29. The van der Waals surface area contributed by atoms with Crippen LogP contribution in [0.4, 0.5) is 10.5 Å². The lowest BCUT2D eigenvalue weighted by molar-refractivity contribution is -0.140. The molecule has 19 heavy (non-hydrogen) atoms. The van der Waals surface area contributed by atoms with Crippen LogP contribution in [-0.4, -0.2) is 41.6 Å². The van der Waals surface area contributed by atoms with Crippen LogP contribution in [0.3, 0.4) is 0 Å². The fraction of sp³-hybridized carbons (Fsp3) is 0.429. The van der Waals surface area contributed by atoms with Gasteiger partial charge in [0.05, 0.1) is 6.54 Å². The second-order valence-electron chi connectivity index (χ2n) is 5.10. The Morgan fingerprint density at radius 2 is 1.89 bits per heavy atom. The molecule has 1 aliphatic rings. The number of hydrogen-bond donors (Lipinski definition) is 1. The molecule has 5 heteroatoms. The van der Waals surface area contributed by atoms with E-state index in [1.807, 2.05) is 24.3 Å². The van der Waals surface area contributed by atoms with E-state index >= 15 is 0 Å². The number of rotatable bonds is 3. The van der Waals surface area contributed by atoms with E-state index in [2.05, 4.69) is 13.8 Å². The number of hydrogen-bond acceptors (Lipinski definition) is 2. The van der Waals surface area contributed by atoms with Crippen molar-refractivity contribution in [2.75, 3.05) is 18.5 Å². The molecule has 1 saturated heterocycles. The van der Waals surface area contributed by atoms with Gasteiger partial charge in [0, 0.05) is 12.7 Å². The first-order chi connectivity index (χ1) is 8.91. The number of benzene rings is 1. The SMILES string of the molecule is CC(C)c1ccc(N2CC(C(=O)O)N(C)C2=O)cc1. The Bertz CT molecular complexity index is 496. The van der Waals surface area contributed by atoms with Crippen LogP contribution in [0.25, 0.3) is 0 Å². The van der Waals surface area contributed by atoms with Gasteiger partial charge in [0.25, 0.3) is 0 Å². The molecule has 0 aromatic heterocycles. The second kappa shape index (κ2) is 4.91. The quantitative estimate of drug-likeness (QED) is 0.907. The highest BCUT2D eigenvalue weighted by atomic mass is 16.4. The van der Waals surface area contributed by atoms with Crippen molar-refractivity contribution >= 4 is 17.7 Å². The molecule has 0 bridgehead atoms. The number of aliphatic carboxylic acids is 1. The normalized spacial score (nSPS) is 19.4. The molecule has 1 unspecified atom stereocenters. The Morgan fingerprint density at radius 3 is 2.32 bits per heavy atom. The third kappa shape index (κ3) is 2.41. The molecule has 102 valence electrons. The molecule has 0 aliphatic carbocycles. The summed E-state index contributed by atoms with van der Waals surface area (Å²) in [6.45, 7) is 4.39. The molecule has 2 amide bonds. The Labute approximate surface area is 112 Å². The van der Waals surface area contributed by atoms with Gasteiger partial charge in [-0.15, -0.1) is 0 Å². The van der Waals surface area contributed by atoms with E-state index in [0.717, 1.165) is 5.69 Å². The van der Waals surface area contributed by atoms with Gasteiger partial charge in [-0.25, -0.2) is 9.59 Å². The Morgan fingerprint density at radius 1 is 1.32 bits per heavy atom. The zero-order chi connectivity index (χ0) is 14.2. The van der Waals surface area contributed by atoms with Gasteiger partial charge < -0.3 is 10.0 Å². The van der Waals surface area contributed by atoms with Crippen molar-refractivity contribution in [1.82, 2.24) is 4.90 Å². The average Bonchev–Trinajstić information content (AvgIpc) is 2.67. The van der Waals surface area contributed by atoms with Crippen molar-refractivity contribution < 1.29 is 14.7 Å². The summed E-state index contributed by atoms with van der Waals surface area (Å²) >= 11 is 0. The molecule has 1 N–H and O–H groups in total. The minimum atomic E-state index is -0.975. The molecule has 2 rings (SSSR count). The molecule has 1 atom stereocenters. The van der Waals surface area contributed by atoms with Gasteiger partial charge in [-0.05, 0) is 23.6 Å². The van der Waals surface area contributed by atoms with Crippen molar-refractivity contribution in [3.8, 4) is 0 Å². The van der Waals surface area contributed by atoms with Crippen LogP contribution in [-0.2, 0) is 4.79 Å². The minimum Gasteiger partial charge on any atom is -0.480 e. The van der Waals surface area contributed by atoms with Gasteiger partial charge in [0.1, 0.15) is 6.04 Å². The van der Waals surface area contributed by atoms with Crippen molar-refractivity contribution in [1.29, 1.82) is 0 Å². The number of amides is 2. The number of nitrogens with zero attached hydrogens (tertiary/aromatic N) is 2. The van der Waals surface area contributed by atoms with Crippen LogP contribution >= 0.6 is 0 Å². The van der Waals surface area contributed by atoms with E-state index < -0.39 is 12.0 Å². The number of carboxylic acids is 1. The lowest BCUT2D eigenvalue weighted by Crippen LogP contribution is -2.36. The van der Waals surface area contributed by atoms with Crippen molar-refractivity contribution in [3.63, 3.8) is 0 Å². The number of urea groups is 1. The standard InChI is InChI=1S/C14H18N2O3/c1-9(2)10-4-6-11(7-5-10)16-8-12(13(17)18)15(3)14(16)19/h4-7,9,12H,8H2,1-3H3,(H,17,18). The lowest BCUT2D eigenvalue weighted by Gasteiger charge is -2.16. The first-order valence-electron chi connectivity index (χ1n) is 6.29. The van der Waals surface area contributed by atoms with E-state index in [0.29, 0.717) is 5.92 Å². The predicted molar refractivity (Wildman–Crippen MR) is 72.5 cm³/mol. The highest BCUT2D eigenvalue weighted by Gasteiger charge is 2.39. The molecule has 1 aromatic rings. The van der Waals surface area contributed by atoms with Crippen LogP contribution in [0.2, 0.25) is 0 Å². The summed E-state index contributed by atoms with van der Waals surface area (Å²) in [7, 11) is 1.52. The molecule has 1 heterocycles. The van der Waals surface area contributed by atoms with E-state index in [9.17, 15) is 9.59 Å². The summed E-state index contributed by atoms with van der Waals surface area (Å²) in [5.74, 6) is -0.546. The fourth-order valence-corrected chi connectivity index (χ4v) is 2.20. The molecule has 0 radical (unpaired) electrons. The highest BCUT2D eigenvalue weighted by Crippen LogP contribution is 2.25. The van der Waals surface area contributed by atoms with Crippen LogP contribution in [0.5, 0.6) is 0 Å². The maximum Gasteiger partial charge on any atom is 0.328 e. The summed E-state index contributed by atoms with van der Waals surface area (Å²) in [4.78, 5) is 25.9. The van der Waals surface area contributed by atoms with Crippen molar-refractivity contribution in [2.24, 2.45) is 0 Å². The van der Waals surface area contributed by atoms with Crippen LogP contribution in [0.15, 0.2) is 24.3 Å². The number of likely N-dealkylation sites (N-methyl/N-ethyl adjacent to an activating group) is 1. The van der Waals surface area contributed by atoms with Crippen molar-refractivity contribution in [3.05, 3.63) is 29.8 Å². The molecule has 1 aliphatic heterocycles. The van der Waals surface area contributed by atoms with Gasteiger partial charge >= 0.3 is 12.0 Å². The number of anilines is 1. The topological polar surface area (TPSA) is 60.9 Å². The smallest absolute Gasteiger partial charge is 0.328 e. The van der Waals surface area contributed by atoms with Gasteiger partial charge in [-0.1, -0.05) is 26.0 Å². The van der Waals surface area contributed by atoms with Crippen LogP contribution in [0.1, 0.15) is 25.3 Å². The molecule has 1 fully saturated rings. The molecule has 1 aromatic carbocycles. The van der Waals surface area contributed by atoms with Gasteiger partial charge in [-0.2, -0.15) is 0 Å². The number of carboxylic acid groups (broad SMARTS) is 1. The number of carbonyl (C=O) groups excluding carboxylic acids is 1. The largest absolute Gasteiger partial charge is 0.480 e. The third-order valence-corrected chi connectivity index (χ3v) is 3.51. The number of carbonyl (C=O) groups is 2. The molecule has 0 saturated carbocycles. The summed E-state index contributed by atoms with van der Waals surface area (Å²) in [5.41, 5.74) is 1.93. The summed E-state index contributed by atoms with van der Waals surface area (Å²) in [6.07, 6.45) is 0. The second-order valence-corrected chi connectivity index (χ2v) is 5.10. The van der Waals surface area contributed by atoms with Crippen LogP contribution in [0, 0.1) is 0 Å². The minimum absolute atomic E-state index is 0.186. The summed E-state index contributed by atoms with van der Waals surface area (Å²) in [5, 5.41) is 9.06. The molecular formula is C14H18N2O3. The Kier molecular flexibility index (Phi) is 3.46.